The van der Waals surface area contributed by atoms with Gasteiger partial charge in [-0.3, -0.25) is 14.4 Å². The minimum Gasteiger partial charge on any atom is -0.355 e. The molecule has 0 aromatic carbocycles. The van der Waals surface area contributed by atoms with E-state index in [-0.39, 0.29) is 30.6 Å². The van der Waals surface area contributed by atoms with E-state index in [4.69, 9.17) is 0 Å². The predicted octanol–water partition coefficient (Wildman–Crippen LogP) is -0.270. The molecule has 0 saturated carbocycles. The lowest BCUT2D eigenvalue weighted by molar-refractivity contribution is -0.133. The van der Waals surface area contributed by atoms with Crippen LogP contribution in [0.15, 0.2) is 0 Å². The number of hydrogen-bond donors (Lipinski definition) is 6. The zero-order valence-corrected chi connectivity index (χ0v) is 19.2. The summed E-state index contributed by atoms with van der Waals surface area (Å²) in [5.74, 6) is -1.36. The van der Waals surface area contributed by atoms with Crippen LogP contribution in [0.1, 0.15) is 52.9 Å². The van der Waals surface area contributed by atoms with Crippen LogP contribution in [0, 0.1) is 5.92 Å². The average Bonchev–Trinajstić information content (AvgIpc) is 2.72. The molecule has 0 fully saturated rings. The van der Waals surface area contributed by atoms with E-state index in [1.54, 1.807) is 0 Å². The molecule has 9 heteroatoms. The van der Waals surface area contributed by atoms with Gasteiger partial charge in [0.25, 0.3) is 0 Å². The first-order valence-electron chi connectivity index (χ1n) is 11.5. The van der Waals surface area contributed by atoms with E-state index in [0.29, 0.717) is 39.3 Å². The molecule has 0 atom stereocenters. The van der Waals surface area contributed by atoms with Crippen LogP contribution in [-0.4, -0.2) is 76.6 Å². The van der Waals surface area contributed by atoms with E-state index >= 15 is 0 Å². The van der Waals surface area contributed by atoms with Crippen LogP contribution in [0.5, 0.6) is 0 Å². The maximum atomic E-state index is 12.6. The fraction of sp³-hybridized carbons (Fsp3) is 0.857. The normalized spacial score (nSPS) is 10.8. The predicted molar refractivity (Wildman–Crippen MR) is 121 cm³/mol. The highest BCUT2D eigenvalue weighted by Gasteiger charge is 2.24. The maximum Gasteiger partial charge on any atom is 0.224 e. The Morgan fingerprint density at radius 2 is 0.900 bits per heavy atom. The van der Waals surface area contributed by atoms with Crippen molar-refractivity contribution in [2.75, 3.05) is 58.9 Å². The Morgan fingerprint density at radius 3 is 1.27 bits per heavy atom. The highest BCUT2D eigenvalue weighted by atomic mass is 16.2. The van der Waals surface area contributed by atoms with Gasteiger partial charge in [0.05, 0.1) is 5.92 Å². The first kappa shape index (κ1) is 28.3. The second kappa shape index (κ2) is 20.6. The topological polar surface area (TPSA) is 123 Å². The SMILES string of the molecule is CCCNCCNC(=O)CC(CC(=O)NCCNCCC)C(=O)NCCNCCC. The van der Waals surface area contributed by atoms with Gasteiger partial charge >= 0.3 is 0 Å². The molecule has 0 rings (SSSR count). The van der Waals surface area contributed by atoms with Crippen LogP contribution in [0.2, 0.25) is 0 Å². The summed E-state index contributed by atoms with van der Waals surface area (Å²) in [6.45, 7) is 12.5. The highest BCUT2D eigenvalue weighted by molar-refractivity contribution is 5.90. The third-order valence-electron chi connectivity index (χ3n) is 4.36. The van der Waals surface area contributed by atoms with Gasteiger partial charge in [-0.1, -0.05) is 20.8 Å². The molecule has 3 amide bonds. The van der Waals surface area contributed by atoms with Gasteiger partial charge in [-0.25, -0.2) is 0 Å². The van der Waals surface area contributed by atoms with Crippen molar-refractivity contribution in [2.24, 2.45) is 5.92 Å². The van der Waals surface area contributed by atoms with Crippen molar-refractivity contribution in [3.05, 3.63) is 0 Å². The molecule has 0 radical (unpaired) electrons. The summed E-state index contributed by atoms with van der Waals surface area (Å²) >= 11 is 0. The van der Waals surface area contributed by atoms with Crippen LogP contribution in [-0.2, 0) is 14.4 Å². The molecule has 0 aromatic rings. The van der Waals surface area contributed by atoms with Crippen LogP contribution >= 0.6 is 0 Å². The van der Waals surface area contributed by atoms with E-state index in [2.05, 4.69) is 52.7 Å². The summed E-state index contributed by atoms with van der Waals surface area (Å²) in [6.07, 6.45) is 3.10. The molecule has 0 unspecified atom stereocenters. The van der Waals surface area contributed by atoms with E-state index in [0.717, 1.165) is 38.9 Å². The number of carbonyl (C=O) groups excluding carboxylic acids is 3. The molecule has 0 bridgehead atoms. The monoisotopic (exact) mass is 428 g/mol. The molecule has 9 nitrogen and oxygen atoms in total. The third kappa shape index (κ3) is 17.2. The lowest BCUT2D eigenvalue weighted by atomic mass is 9.99. The number of rotatable bonds is 20. The van der Waals surface area contributed by atoms with Crippen molar-refractivity contribution in [1.29, 1.82) is 0 Å². The van der Waals surface area contributed by atoms with Crippen molar-refractivity contribution >= 4 is 17.7 Å². The van der Waals surface area contributed by atoms with E-state index < -0.39 is 5.92 Å². The fourth-order valence-corrected chi connectivity index (χ4v) is 2.75. The quantitative estimate of drug-likeness (QED) is 0.148. The Morgan fingerprint density at radius 1 is 0.533 bits per heavy atom. The van der Waals surface area contributed by atoms with Crippen molar-refractivity contribution in [3.63, 3.8) is 0 Å². The van der Waals surface area contributed by atoms with Gasteiger partial charge in [-0.15, -0.1) is 0 Å². The summed E-state index contributed by atoms with van der Waals surface area (Å²) in [4.78, 5) is 37.0. The summed E-state index contributed by atoms with van der Waals surface area (Å²) in [5, 5.41) is 18.1. The smallest absolute Gasteiger partial charge is 0.224 e. The zero-order valence-electron chi connectivity index (χ0n) is 19.2. The second-order valence-electron chi connectivity index (χ2n) is 7.35. The summed E-state index contributed by atoms with van der Waals surface area (Å²) in [7, 11) is 0. The molecule has 0 heterocycles. The van der Waals surface area contributed by atoms with E-state index in [1.807, 2.05) is 0 Å². The van der Waals surface area contributed by atoms with Crippen molar-refractivity contribution in [3.8, 4) is 0 Å². The first-order chi connectivity index (χ1) is 14.5. The molecule has 0 spiro atoms. The Hall–Kier alpha value is -1.71. The van der Waals surface area contributed by atoms with Crippen LogP contribution < -0.4 is 31.9 Å². The molecule has 0 aliphatic heterocycles. The average molecular weight is 429 g/mol. The lowest BCUT2D eigenvalue weighted by Crippen LogP contribution is -2.41. The zero-order chi connectivity index (χ0) is 22.5. The number of amides is 3. The molecule has 176 valence electrons. The van der Waals surface area contributed by atoms with E-state index in [9.17, 15) is 14.4 Å². The van der Waals surface area contributed by atoms with Gasteiger partial charge < -0.3 is 31.9 Å². The number of nitrogens with one attached hydrogen (secondary N) is 6. The molecule has 0 aliphatic rings. The van der Waals surface area contributed by atoms with Gasteiger partial charge in [0.1, 0.15) is 0 Å². The molecule has 0 aromatic heterocycles. The maximum absolute atomic E-state index is 12.6. The fourth-order valence-electron chi connectivity index (χ4n) is 2.75. The van der Waals surface area contributed by atoms with Crippen LogP contribution in [0.3, 0.4) is 0 Å². The summed E-state index contributed by atoms with van der Waals surface area (Å²) < 4.78 is 0. The van der Waals surface area contributed by atoms with Gasteiger partial charge in [0.15, 0.2) is 0 Å². The van der Waals surface area contributed by atoms with Gasteiger partial charge in [-0.2, -0.15) is 0 Å². The Kier molecular flexibility index (Phi) is 19.4. The van der Waals surface area contributed by atoms with Gasteiger partial charge in [0, 0.05) is 52.1 Å². The second-order valence-corrected chi connectivity index (χ2v) is 7.35. The Balaban J connectivity index is 4.46. The Labute approximate surface area is 182 Å². The van der Waals surface area contributed by atoms with Crippen molar-refractivity contribution in [1.82, 2.24) is 31.9 Å². The third-order valence-corrected chi connectivity index (χ3v) is 4.36. The number of hydrogen-bond acceptors (Lipinski definition) is 6. The molecule has 0 saturated heterocycles. The minimum absolute atomic E-state index is 0.00348. The largest absolute Gasteiger partial charge is 0.355 e. The van der Waals surface area contributed by atoms with Gasteiger partial charge in [0.2, 0.25) is 17.7 Å². The summed E-state index contributed by atoms with van der Waals surface area (Å²) in [5.41, 5.74) is 0. The number of carbonyl (C=O) groups is 3. The van der Waals surface area contributed by atoms with Crippen LogP contribution in [0.25, 0.3) is 0 Å². The minimum atomic E-state index is -0.677. The van der Waals surface area contributed by atoms with Gasteiger partial charge in [-0.05, 0) is 38.9 Å². The molecule has 6 N–H and O–H groups in total. The van der Waals surface area contributed by atoms with Crippen LogP contribution in [0.4, 0.5) is 0 Å². The molecular weight excluding hydrogens is 384 g/mol. The first-order valence-corrected chi connectivity index (χ1v) is 11.5. The molecular formula is C21H44N6O3. The highest BCUT2D eigenvalue weighted by Crippen LogP contribution is 2.09. The molecule has 30 heavy (non-hydrogen) atoms. The van der Waals surface area contributed by atoms with E-state index in [1.165, 1.54) is 0 Å². The summed E-state index contributed by atoms with van der Waals surface area (Å²) in [6, 6.07) is 0. The van der Waals surface area contributed by atoms with Crippen molar-refractivity contribution in [2.45, 2.75) is 52.9 Å². The van der Waals surface area contributed by atoms with Crippen molar-refractivity contribution < 1.29 is 14.4 Å². The standard InChI is InChI=1S/C21H44N6O3/c1-4-7-22-10-13-25-19(28)16-18(21(30)27-15-12-24-9-6-3)17-20(29)26-14-11-23-8-5-2/h18,22-24H,4-17H2,1-3H3,(H,25,28)(H,26,29)(H,27,30). The molecule has 0 aliphatic carbocycles. The lowest BCUT2D eigenvalue weighted by Gasteiger charge is -2.17. The Bertz CT molecular complexity index is 434.